The van der Waals surface area contributed by atoms with E-state index in [4.69, 9.17) is 4.99 Å². The van der Waals surface area contributed by atoms with E-state index < -0.39 is 0 Å². The highest BCUT2D eigenvalue weighted by Gasteiger charge is 2.18. The Morgan fingerprint density at radius 2 is 1.11 bits per heavy atom. The van der Waals surface area contributed by atoms with Gasteiger partial charge in [0.05, 0.1) is 5.71 Å². The van der Waals surface area contributed by atoms with Gasteiger partial charge in [-0.15, -0.1) is 0 Å². The second-order valence-electron chi connectivity index (χ2n) is 6.96. The van der Waals surface area contributed by atoms with Crippen LogP contribution in [0.3, 0.4) is 0 Å². The Labute approximate surface area is 172 Å². The van der Waals surface area contributed by atoms with E-state index in [1.54, 1.807) is 0 Å². The van der Waals surface area contributed by atoms with Gasteiger partial charge >= 0.3 is 0 Å². The van der Waals surface area contributed by atoms with Gasteiger partial charge in [0.15, 0.2) is 0 Å². The van der Waals surface area contributed by atoms with Crippen LogP contribution in [-0.4, -0.2) is 38.4 Å². The Kier molecular flexibility index (Phi) is 9.06. The van der Waals surface area contributed by atoms with Crippen molar-refractivity contribution in [1.82, 2.24) is 0 Å². The molecule has 0 aromatic heterocycles. The first-order chi connectivity index (χ1) is 13.7. The van der Waals surface area contributed by atoms with E-state index in [1.165, 1.54) is 22.5 Å². The van der Waals surface area contributed by atoms with Gasteiger partial charge < -0.3 is 9.80 Å². The molecule has 28 heavy (non-hydrogen) atoms. The molecule has 0 atom stereocenters. The van der Waals surface area contributed by atoms with Gasteiger partial charge in [-0.2, -0.15) is 0 Å². The Bertz CT molecular complexity index is 685. The molecule has 3 nitrogen and oxygen atoms in total. The smallest absolute Gasteiger partial charge is 0.0760 e. The summed E-state index contributed by atoms with van der Waals surface area (Å²) >= 11 is 0. The van der Waals surface area contributed by atoms with Crippen LogP contribution in [-0.2, 0) is 0 Å². The molecule has 0 aliphatic rings. The van der Waals surface area contributed by atoms with Gasteiger partial charge in [0.2, 0.25) is 0 Å². The van der Waals surface area contributed by atoms with Crippen molar-refractivity contribution in [2.24, 2.45) is 4.99 Å². The second kappa shape index (κ2) is 11.5. The summed E-state index contributed by atoms with van der Waals surface area (Å²) in [5.41, 5.74) is 6.15. The number of unbranched alkanes of at least 4 members (excludes halogenated alkanes) is 1. The number of hydrogen-bond donors (Lipinski definition) is 0. The lowest BCUT2D eigenvalue weighted by Gasteiger charge is -2.28. The summed E-state index contributed by atoms with van der Waals surface area (Å²) in [5.74, 6) is 0. The van der Waals surface area contributed by atoms with Crippen LogP contribution >= 0.6 is 0 Å². The highest BCUT2D eigenvalue weighted by Crippen LogP contribution is 2.29. The Morgan fingerprint density at radius 1 is 0.679 bits per heavy atom. The standard InChI is InChI=1S/C25H37N3/c1-6-11-20-26-25(21-16-12-14-18-23(21)27(7-2)8-3)22-17-13-15-19-24(22)28(9-4)10-5/h12-19H,6-11,20H2,1-5H3. The molecular formula is C25H37N3. The monoisotopic (exact) mass is 379 g/mol. The van der Waals surface area contributed by atoms with Crippen LogP contribution in [0.25, 0.3) is 0 Å². The molecule has 0 radical (unpaired) electrons. The molecule has 0 amide bonds. The topological polar surface area (TPSA) is 18.8 Å². The lowest BCUT2D eigenvalue weighted by molar-refractivity contribution is 0.807. The number of rotatable bonds is 11. The molecule has 2 aromatic carbocycles. The van der Waals surface area contributed by atoms with Crippen LogP contribution < -0.4 is 9.80 Å². The van der Waals surface area contributed by atoms with Crippen molar-refractivity contribution in [2.75, 3.05) is 42.5 Å². The number of benzene rings is 2. The van der Waals surface area contributed by atoms with Crippen molar-refractivity contribution < 1.29 is 0 Å². The number of nitrogens with zero attached hydrogens (tertiary/aromatic N) is 3. The fourth-order valence-electron chi connectivity index (χ4n) is 3.69. The molecule has 0 aliphatic carbocycles. The zero-order valence-corrected chi connectivity index (χ0v) is 18.4. The summed E-state index contributed by atoms with van der Waals surface area (Å²) in [4.78, 5) is 9.98. The number of anilines is 2. The van der Waals surface area contributed by atoms with Gasteiger partial charge in [-0.05, 0) is 46.2 Å². The number of aliphatic imine (C=N–C) groups is 1. The number of hydrogen-bond acceptors (Lipinski definition) is 3. The van der Waals surface area contributed by atoms with Crippen molar-refractivity contribution >= 4 is 17.1 Å². The van der Waals surface area contributed by atoms with Gasteiger partial charge in [-0.25, -0.2) is 0 Å². The van der Waals surface area contributed by atoms with Gasteiger partial charge in [0.1, 0.15) is 0 Å². The van der Waals surface area contributed by atoms with Crippen molar-refractivity contribution in [2.45, 2.75) is 47.5 Å². The van der Waals surface area contributed by atoms with Crippen molar-refractivity contribution in [3.05, 3.63) is 59.7 Å². The van der Waals surface area contributed by atoms with Crippen LogP contribution in [0.2, 0.25) is 0 Å². The minimum atomic E-state index is 0.866. The predicted octanol–water partition coefficient (Wildman–Crippen LogP) is 6.02. The quantitative estimate of drug-likeness (QED) is 0.351. The highest BCUT2D eigenvalue weighted by atomic mass is 15.1. The van der Waals surface area contributed by atoms with E-state index in [0.29, 0.717) is 0 Å². The van der Waals surface area contributed by atoms with Crippen LogP contribution in [0.15, 0.2) is 53.5 Å². The molecule has 0 unspecified atom stereocenters. The van der Waals surface area contributed by atoms with Gasteiger partial charge in [0.25, 0.3) is 0 Å². The fourth-order valence-corrected chi connectivity index (χ4v) is 3.69. The molecule has 0 fully saturated rings. The molecular weight excluding hydrogens is 342 g/mol. The van der Waals surface area contributed by atoms with Crippen LogP contribution in [0.5, 0.6) is 0 Å². The van der Waals surface area contributed by atoms with Gasteiger partial charge in [0, 0.05) is 55.2 Å². The third-order valence-corrected chi connectivity index (χ3v) is 5.31. The summed E-state index contributed by atoms with van der Waals surface area (Å²) < 4.78 is 0. The molecule has 0 saturated carbocycles. The van der Waals surface area contributed by atoms with Crippen LogP contribution in [0, 0.1) is 0 Å². The third kappa shape index (κ3) is 5.15. The summed E-state index contributed by atoms with van der Waals surface area (Å²) in [6, 6.07) is 17.5. The van der Waals surface area contributed by atoms with E-state index in [2.05, 4.69) is 92.9 Å². The van der Waals surface area contributed by atoms with E-state index in [1.807, 2.05) is 0 Å². The van der Waals surface area contributed by atoms with Crippen LogP contribution in [0.4, 0.5) is 11.4 Å². The molecule has 0 N–H and O–H groups in total. The fraction of sp³-hybridized carbons (Fsp3) is 0.480. The van der Waals surface area contributed by atoms with E-state index in [-0.39, 0.29) is 0 Å². The Balaban J connectivity index is 2.66. The van der Waals surface area contributed by atoms with E-state index in [0.717, 1.165) is 51.3 Å². The second-order valence-corrected chi connectivity index (χ2v) is 6.96. The first-order valence-corrected chi connectivity index (χ1v) is 10.9. The Morgan fingerprint density at radius 3 is 1.50 bits per heavy atom. The summed E-state index contributed by atoms with van der Waals surface area (Å²) in [7, 11) is 0. The molecule has 152 valence electrons. The molecule has 0 saturated heterocycles. The maximum atomic E-state index is 5.14. The largest absolute Gasteiger partial charge is 0.372 e. The van der Waals surface area contributed by atoms with Crippen molar-refractivity contribution in [3.8, 4) is 0 Å². The van der Waals surface area contributed by atoms with E-state index in [9.17, 15) is 0 Å². The Hall–Kier alpha value is -2.29. The predicted molar refractivity (Wildman–Crippen MR) is 125 cm³/mol. The maximum absolute atomic E-state index is 5.14. The SMILES string of the molecule is CCCCN=C(c1ccccc1N(CC)CC)c1ccccc1N(CC)CC. The first-order valence-electron chi connectivity index (χ1n) is 10.9. The first kappa shape index (κ1) is 22.0. The minimum absolute atomic E-state index is 0.866. The summed E-state index contributed by atoms with van der Waals surface area (Å²) in [6.45, 7) is 15.9. The summed E-state index contributed by atoms with van der Waals surface area (Å²) in [6.07, 6.45) is 2.27. The summed E-state index contributed by atoms with van der Waals surface area (Å²) in [5, 5.41) is 0. The maximum Gasteiger partial charge on any atom is 0.0760 e. The zero-order chi connectivity index (χ0) is 20.4. The average Bonchev–Trinajstić information content (AvgIpc) is 2.74. The van der Waals surface area contributed by atoms with Gasteiger partial charge in [-0.3, -0.25) is 4.99 Å². The highest BCUT2D eigenvalue weighted by molar-refractivity contribution is 6.18. The minimum Gasteiger partial charge on any atom is -0.372 e. The zero-order valence-electron chi connectivity index (χ0n) is 18.4. The van der Waals surface area contributed by atoms with Crippen LogP contribution in [0.1, 0.15) is 58.6 Å². The average molecular weight is 380 g/mol. The lowest BCUT2D eigenvalue weighted by Crippen LogP contribution is -2.26. The van der Waals surface area contributed by atoms with Gasteiger partial charge in [-0.1, -0.05) is 49.7 Å². The molecule has 0 aliphatic heterocycles. The van der Waals surface area contributed by atoms with Crippen molar-refractivity contribution in [3.63, 3.8) is 0 Å². The lowest BCUT2D eigenvalue weighted by atomic mass is 9.97. The number of para-hydroxylation sites is 2. The molecule has 3 heteroatoms. The molecule has 0 spiro atoms. The molecule has 0 bridgehead atoms. The molecule has 2 rings (SSSR count). The normalized spacial score (nSPS) is 10.6. The molecule has 0 heterocycles. The molecule has 2 aromatic rings. The van der Waals surface area contributed by atoms with Crippen molar-refractivity contribution in [1.29, 1.82) is 0 Å². The van der Waals surface area contributed by atoms with E-state index >= 15 is 0 Å². The third-order valence-electron chi connectivity index (χ3n) is 5.31.